The predicted molar refractivity (Wildman–Crippen MR) is 153 cm³/mol. The van der Waals surface area contributed by atoms with Gasteiger partial charge in [0.05, 0.1) is 30.6 Å². The number of fused-ring (bicyclic) bond motifs is 1. The standard InChI is InChI=1S/C30H36F3N5O2/c1-37(2)18-20-9-12-22(13-10-20)36-25-7-4-8-27-24(25)17-23(38(27)19-30(31,32)33)6-5-15-35-26-14-11-21(29(34)39)16-28(26)40-3/h4,7-8,11,14,16-17,20,22,35-36H,9-10,12-13,15,18-19H2,1-3H3,(H2,34,39)/t20-,22+. The summed E-state index contributed by atoms with van der Waals surface area (Å²) in [5, 5.41) is 7.41. The van der Waals surface area contributed by atoms with Gasteiger partial charge < -0.3 is 30.6 Å². The molecule has 0 unspecified atom stereocenters. The van der Waals surface area contributed by atoms with Gasteiger partial charge in [0.15, 0.2) is 0 Å². The van der Waals surface area contributed by atoms with Crippen LogP contribution in [-0.2, 0) is 6.54 Å². The number of hydrogen-bond donors (Lipinski definition) is 3. The third kappa shape index (κ3) is 7.42. The minimum Gasteiger partial charge on any atom is -0.495 e. The van der Waals surface area contributed by atoms with E-state index in [2.05, 4.69) is 41.5 Å². The molecule has 0 aliphatic heterocycles. The number of methoxy groups -OCH3 is 1. The second-order valence-corrected chi connectivity index (χ2v) is 10.5. The van der Waals surface area contributed by atoms with E-state index in [0.29, 0.717) is 28.4 Å². The van der Waals surface area contributed by atoms with E-state index in [1.165, 1.54) is 17.7 Å². The fourth-order valence-corrected chi connectivity index (χ4v) is 5.35. The van der Waals surface area contributed by atoms with E-state index in [0.717, 1.165) is 43.3 Å². The van der Waals surface area contributed by atoms with Crippen molar-refractivity contribution in [3.63, 3.8) is 0 Å². The number of nitrogens with two attached hydrogens (primary N) is 1. The van der Waals surface area contributed by atoms with Crippen molar-refractivity contribution in [2.75, 3.05) is 44.9 Å². The van der Waals surface area contributed by atoms with Crippen molar-refractivity contribution in [3.05, 3.63) is 53.7 Å². The molecule has 40 heavy (non-hydrogen) atoms. The highest BCUT2D eigenvalue weighted by Gasteiger charge is 2.30. The number of benzene rings is 2. The van der Waals surface area contributed by atoms with E-state index in [-0.39, 0.29) is 18.3 Å². The topological polar surface area (TPSA) is 84.5 Å². The van der Waals surface area contributed by atoms with E-state index in [1.807, 2.05) is 6.07 Å². The van der Waals surface area contributed by atoms with Crippen LogP contribution < -0.4 is 21.1 Å². The average Bonchev–Trinajstić information content (AvgIpc) is 3.24. The van der Waals surface area contributed by atoms with Gasteiger partial charge in [0.1, 0.15) is 12.3 Å². The molecule has 1 aliphatic rings. The van der Waals surface area contributed by atoms with Gasteiger partial charge >= 0.3 is 6.18 Å². The molecular weight excluding hydrogens is 519 g/mol. The number of ether oxygens (including phenoxy) is 1. The maximum atomic E-state index is 13.6. The van der Waals surface area contributed by atoms with Gasteiger partial charge in [0.25, 0.3) is 0 Å². The van der Waals surface area contributed by atoms with E-state index in [1.54, 1.807) is 30.3 Å². The van der Waals surface area contributed by atoms with E-state index >= 15 is 0 Å². The Hall–Kier alpha value is -3.84. The number of aromatic nitrogens is 1. The summed E-state index contributed by atoms with van der Waals surface area (Å²) in [5.74, 6) is 6.36. The summed E-state index contributed by atoms with van der Waals surface area (Å²) in [6.07, 6.45) is -0.0908. The normalized spacial score (nSPS) is 17.4. The largest absolute Gasteiger partial charge is 0.495 e. The van der Waals surface area contributed by atoms with Crippen molar-refractivity contribution in [3.8, 4) is 17.6 Å². The number of halogens is 3. The first kappa shape index (κ1) is 29.2. The summed E-state index contributed by atoms with van der Waals surface area (Å²) in [4.78, 5) is 13.6. The van der Waals surface area contributed by atoms with Crippen molar-refractivity contribution >= 4 is 28.2 Å². The molecule has 7 nitrogen and oxygen atoms in total. The zero-order valence-corrected chi connectivity index (χ0v) is 23.1. The molecule has 1 saturated carbocycles. The van der Waals surface area contributed by atoms with Crippen LogP contribution in [0.1, 0.15) is 41.7 Å². The highest BCUT2D eigenvalue weighted by Crippen LogP contribution is 2.33. The molecule has 4 rings (SSSR count). The van der Waals surface area contributed by atoms with Crippen molar-refractivity contribution in [1.29, 1.82) is 0 Å². The van der Waals surface area contributed by atoms with Crippen LogP contribution in [0.4, 0.5) is 24.5 Å². The second-order valence-electron chi connectivity index (χ2n) is 10.5. The molecule has 0 bridgehead atoms. The third-order valence-electron chi connectivity index (χ3n) is 7.18. The van der Waals surface area contributed by atoms with Crippen molar-refractivity contribution in [2.45, 2.75) is 44.4 Å². The minimum absolute atomic E-state index is 0.154. The number of amides is 1. The Balaban J connectivity index is 1.54. The number of nitrogens with one attached hydrogen (secondary N) is 2. The summed E-state index contributed by atoms with van der Waals surface area (Å²) in [5.41, 5.74) is 7.82. The smallest absolute Gasteiger partial charge is 0.406 e. The first-order chi connectivity index (χ1) is 19.0. The number of alkyl halides is 3. The molecule has 0 radical (unpaired) electrons. The Morgan fingerprint density at radius 2 is 1.88 bits per heavy atom. The Morgan fingerprint density at radius 1 is 1.12 bits per heavy atom. The van der Waals surface area contributed by atoms with Gasteiger partial charge in [-0.1, -0.05) is 12.0 Å². The number of rotatable bonds is 9. The third-order valence-corrected chi connectivity index (χ3v) is 7.18. The lowest BCUT2D eigenvalue weighted by Gasteiger charge is -2.31. The van der Waals surface area contributed by atoms with Gasteiger partial charge in [-0.2, -0.15) is 13.2 Å². The number of nitrogens with zero attached hydrogens (tertiary/aromatic N) is 2. The van der Waals surface area contributed by atoms with Crippen LogP contribution in [0.2, 0.25) is 0 Å². The highest BCUT2D eigenvalue weighted by molar-refractivity contribution is 5.94. The molecule has 1 heterocycles. The monoisotopic (exact) mass is 555 g/mol. The lowest BCUT2D eigenvalue weighted by molar-refractivity contribution is -0.140. The summed E-state index contributed by atoms with van der Waals surface area (Å²) < 4.78 is 47.2. The molecular formula is C30H36F3N5O2. The maximum Gasteiger partial charge on any atom is 0.406 e. The quantitative estimate of drug-likeness (QED) is 0.312. The predicted octanol–water partition coefficient (Wildman–Crippen LogP) is 5.31. The lowest BCUT2D eigenvalue weighted by Crippen LogP contribution is -2.30. The lowest BCUT2D eigenvalue weighted by atomic mass is 9.85. The molecule has 1 aromatic heterocycles. The number of primary amides is 1. The summed E-state index contributed by atoms with van der Waals surface area (Å²) >= 11 is 0. The molecule has 1 aliphatic carbocycles. The molecule has 0 atom stereocenters. The number of hydrogen-bond acceptors (Lipinski definition) is 5. The van der Waals surface area contributed by atoms with Gasteiger partial charge in [-0.3, -0.25) is 4.79 Å². The second kappa shape index (κ2) is 12.6. The van der Waals surface area contributed by atoms with E-state index in [4.69, 9.17) is 10.5 Å². The van der Waals surface area contributed by atoms with Gasteiger partial charge in [0.2, 0.25) is 5.91 Å². The SMILES string of the molecule is COc1cc(C(N)=O)ccc1NCC#Cc1cc2c(N[C@H]3CC[C@@H](CN(C)C)CC3)cccc2n1CC(F)(F)F. The van der Waals surface area contributed by atoms with Crippen LogP contribution in [0.5, 0.6) is 5.75 Å². The van der Waals surface area contributed by atoms with E-state index < -0.39 is 18.6 Å². The van der Waals surface area contributed by atoms with Crippen LogP contribution in [0.15, 0.2) is 42.5 Å². The number of anilines is 2. The Kier molecular flexibility index (Phi) is 9.15. The van der Waals surface area contributed by atoms with Crippen LogP contribution in [-0.4, -0.2) is 61.9 Å². The number of carbonyl (C=O) groups is 1. The van der Waals surface area contributed by atoms with Gasteiger partial charge in [-0.05, 0) is 88.0 Å². The molecule has 4 N–H and O–H groups in total. The molecule has 10 heteroatoms. The molecule has 1 amide bonds. The summed E-state index contributed by atoms with van der Waals surface area (Å²) in [6, 6.07) is 12.2. The summed E-state index contributed by atoms with van der Waals surface area (Å²) in [6.45, 7) is 0.0987. The molecule has 0 spiro atoms. The molecule has 214 valence electrons. The first-order valence-electron chi connectivity index (χ1n) is 13.3. The fourth-order valence-electron chi connectivity index (χ4n) is 5.35. The van der Waals surface area contributed by atoms with Crippen molar-refractivity contribution in [1.82, 2.24) is 9.47 Å². The average molecular weight is 556 g/mol. The van der Waals surface area contributed by atoms with Crippen LogP contribution in [0.3, 0.4) is 0 Å². The highest BCUT2D eigenvalue weighted by atomic mass is 19.4. The molecule has 1 fully saturated rings. The molecule has 3 aromatic rings. The molecule has 0 saturated heterocycles. The Labute approximate surface area is 232 Å². The minimum atomic E-state index is -4.40. The zero-order chi connectivity index (χ0) is 28.9. The van der Waals surface area contributed by atoms with Crippen LogP contribution in [0, 0.1) is 17.8 Å². The van der Waals surface area contributed by atoms with Crippen molar-refractivity contribution in [2.24, 2.45) is 11.7 Å². The van der Waals surface area contributed by atoms with Crippen LogP contribution >= 0.6 is 0 Å². The fraction of sp³-hybridized carbons (Fsp3) is 0.433. The van der Waals surface area contributed by atoms with Crippen molar-refractivity contribution < 1.29 is 22.7 Å². The van der Waals surface area contributed by atoms with Gasteiger partial charge in [-0.25, -0.2) is 0 Å². The maximum absolute atomic E-state index is 13.6. The Morgan fingerprint density at radius 3 is 2.52 bits per heavy atom. The van der Waals surface area contributed by atoms with Crippen LogP contribution in [0.25, 0.3) is 10.9 Å². The number of carbonyl (C=O) groups excluding carboxylic acids is 1. The first-order valence-corrected chi connectivity index (χ1v) is 13.3. The van der Waals surface area contributed by atoms with Gasteiger partial charge in [0, 0.05) is 29.2 Å². The molecule has 2 aromatic carbocycles. The zero-order valence-electron chi connectivity index (χ0n) is 23.1. The van der Waals surface area contributed by atoms with Gasteiger partial charge in [-0.15, -0.1) is 0 Å². The van der Waals surface area contributed by atoms with E-state index in [9.17, 15) is 18.0 Å². The Bertz CT molecular complexity index is 1400. The summed E-state index contributed by atoms with van der Waals surface area (Å²) in [7, 11) is 5.65.